The summed E-state index contributed by atoms with van der Waals surface area (Å²) in [6.07, 6.45) is 27.8. The Balaban J connectivity index is 0.000000337. The molecule has 0 saturated carbocycles. The smallest absolute Gasteiger partial charge is 0.157 e. The molecule has 3 heterocycles. The van der Waals surface area contributed by atoms with Gasteiger partial charge in [-0.1, -0.05) is 62.8 Å². The summed E-state index contributed by atoms with van der Waals surface area (Å²) in [5, 5.41) is 28.0. The van der Waals surface area contributed by atoms with Crippen LogP contribution in [0.4, 0.5) is 0 Å². The van der Waals surface area contributed by atoms with Crippen LogP contribution in [0.2, 0.25) is 0 Å². The summed E-state index contributed by atoms with van der Waals surface area (Å²) >= 11 is 4.51. The number of aromatic hydroxyl groups is 2. The molecule has 7 aromatic rings. The van der Waals surface area contributed by atoms with Crippen molar-refractivity contribution in [1.82, 2.24) is 0 Å². The van der Waals surface area contributed by atoms with Gasteiger partial charge in [0, 0.05) is 71.5 Å². The van der Waals surface area contributed by atoms with Gasteiger partial charge < -0.3 is 65.4 Å². The number of rotatable bonds is 31. The Kier molecular flexibility index (Phi) is 45.5. The van der Waals surface area contributed by atoms with E-state index in [2.05, 4.69) is 194 Å². The van der Waals surface area contributed by atoms with E-state index in [4.69, 9.17) is 52.8 Å². The summed E-state index contributed by atoms with van der Waals surface area (Å²) < 4.78 is 50.0. The van der Waals surface area contributed by atoms with Gasteiger partial charge in [0.05, 0.1) is 27.4 Å². The Morgan fingerprint density at radius 1 is 0.485 bits per heavy atom. The average molecular weight is 1570 g/mol. The molecule has 0 bridgehead atoms. The molecule has 3 atom stereocenters. The van der Waals surface area contributed by atoms with Gasteiger partial charge in [0.2, 0.25) is 0 Å². The number of carbonyl (C=O) groups excluding carboxylic acids is 1. The molecule has 3 aliphatic heterocycles. The Labute approximate surface area is 628 Å². The number of unbranched alkanes of at least 4 members (excludes halogenated alkanes) is 6. The summed E-state index contributed by atoms with van der Waals surface area (Å²) in [4.78, 5) is 9.97. The van der Waals surface area contributed by atoms with E-state index < -0.39 is 5.31 Å². The fourth-order valence-electron chi connectivity index (χ4n) is 12.0. The van der Waals surface area contributed by atoms with Crippen LogP contribution in [-0.4, -0.2) is 108 Å². The molecule has 0 amide bonds. The van der Waals surface area contributed by atoms with E-state index in [-0.39, 0.29) is 72.3 Å². The molecule has 3 N–H and O–H groups in total. The molecule has 3 unspecified atom stereocenters. The Hall–Kier alpha value is -5.76. The molecule has 560 valence electrons. The quantitative estimate of drug-likeness (QED) is 0.0124. The van der Waals surface area contributed by atoms with Crippen LogP contribution in [0.3, 0.4) is 0 Å². The van der Waals surface area contributed by atoms with Gasteiger partial charge >= 0.3 is 188 Å². The summed E-state index contributed by atoms with van der Waals surface area (Å²) in [5.74, 6) is 3.11. The molecule has 0 aromatic heterocycles. The van der Waals surface area contributed by atoms with Gasteiger partial charge in [0.1, 0.15) is 29.3 Å². The number of allylic oxidation sites excluding steroid dienone is 1. The number of aliphatic hydroxyl groups excluding tert-OH is 1. The Morgan fingerprint density at radius 2 is 0.901 bits per heavy atom. The third-order valence-corrected chi connectivity index (χ3v) is 27.0. The molecule has 0 aliphatic carbocycles. The van der Waals surface area contributed by atoms with Crippen molar-refractivity contribution in [3.63, 3.8) is 0 Å². The predicted molar refractivity (Wildman–Crippen MR) is 418 cm³/mol. The van der Waals surface area contributed by atoms with Gasteiger partial charge in [0.25, 0.3) is 0 Å². The molecule has 3 aliphatic rings. The van der Waals surface area contributed by atoms with Crippen LogP contribution in [0.5, 0.6) is 28.7 Å². The summed E-state index contributed by atoms with van der Waals surface area (Å²) in [6, 6.07) is 56.5. The van der Waals surface area contributed by atoms with Crippen LogP contribution in [0.25, 0.3) is 6.08 Å². The number of halogens is 1. The van der Waals surface area contributed by atoms with Crippen LogP contribution in [0.15, 0.2) is 170 Å². The normalized spacial score (nSPS) is 15.9. The van der Waals surface area contributed by atoms with Crippen molar-refractivity contribution in [2.75, 3.05) is 67.6 Å². The number of hydrogen-bond donors (Lipinski definition) is 3. The zero-order valence-corrected chi connectivity index (χ0v) is 64.7. The summed E-state index contributed by atoms with van der Waals surface area (Å²) in [7, 11) is 5.22. The number of aldehydes is 1. The first-order valence-electron chi connectivity index (χ1n) is 35.5. The van der Waals surface area contributed by atoms with E-state index in [9.17, 15) is 9.90 Å². The molecular weight excluding hydrogens is 1450 g/mol. The van der Waals surface area contributed by atoms with E-state index in [1.807, 2.05) is 0 Å². The maximum Gasteiger partial charge on any atom is 0.157 e. The largest absolute Gasteiger partial charge is 0.508 e. The monoisotopic (exact) mass is 1560 g/mol. The van der Waals surface area contributed by atoms with E-state index in [0.29, 0.717) is 13.0 Å². The molecule has 13 nitrogen and oxygen atoms in total. The summed E-state index contributed by atoms with van der Waals surface area (Å²) in [6.45, 7) is 11.2. The number of phenolic OH excluding ortho intramolecular Hbond substituents is 2. The van der Waals surface area contributed by atoms with E-state index in [0.717, 1.165) is 157 Å². The Morgan fingerprint density at radius 3 is 1.35 bits per heavy atom. The van der Waals surface area contributed by atoms with E-state index >= 15 is 0 Å². The minimum absolute atomic E-state index is 0. The molecular formula is C85H119BrO13PPd-. The number of hydrogen-bond acceptors (Lipinski definition) is 13. The molecule has 16 heteroatoms. The summed E-state index contributed by atoms with van der Waals surface area (Å²) in [5.41, 5.74) is 8.14. The fraction of sp³-hybridized carbons (Fsp3) is 0.459. The van der Waals surface area contributed by atoms with Gasteiger partial charge in [0.15, 0.2) is 18.9 Å². The van der Waals surface area contributed by atoms with E-state index in [1.165, 1.54) is 94.7 Å². The van der Waals surface area contributed by atoms with Crippen molar-refractivity contribution in [3.8, 4) is 28.7 Å². The zero-order valence-electron chi connectivity index (χ0n) is 60.6. The van der Waals surface area contributed by atoms with Gasteiger partial charge in [-0.05, 0) is 170 Å². The molecule has 3 saturated heterocycles. The predicted octanol–water partition coefficient (Wildman–Crippen LogP) is 19.3. The zero-order chi connectivity index (χ0) is 69.9. The van der Waals surface area contributed by atoms with Crippen molar-refractivity contribution in [2.24, 2.45) is 0 Å². The maximum absolute atomic E-state index is 9.97. The van der Waals surface area contributed by atoms with E-state index in [1.54, 1.807) is 33.5 Å². The minimum atomic E-state index is -3.02. The molecule has 0 radical (unpaired) electrons. The number of aliphatic hydroxyl groups is 1. The number of methoxy groups -OCH3 is 3. The number of phenols is 2. The first-order chi connectivity index (χ1) is 47.8. The Bertz CT molecular complexity index is 3220. The third-order valence-electron chi connectivity index (χ3n) is 17.5. The van der Waals surface area contributed by atoms with Gasteiger partial charge in [-0.3, -0.25) is 0 Å². The molecule has 10 rings (SSSR count). The van der Waals surface area contributed by atoms with Crippen molar-refractivity contribution < 1.29 is 83.2 Å². The van der Waals surface area contributed by atoms with Gasteiger partial charge in [-0.25, -0.2) is 0 Å². The molecule has 3 fully saturated rings. The molecule has 7 aromatic carbocycles. The topological polar surface area (TPSA) is 161 Å². The second kappa shape index (κ2) is 51.4. The number of carbonyl (C=O) groups is 1. The van der Waals surface area contributed by atoms with Crippen LogP contribution in [-0.2, 0) is 72.6 Å². The standard InChI is InChI=1S/C27H26BrOP.C18H28O3.C18H26O3.C11H16O3.C9H16O3.CH4.CH3.Pd/c1-22-18-19-23(27(20-22)29-2)21-30(28,24-12-6-3-7-13-24,25-14-8-4-9-15-25)26-16-10-5-11-17-26;2*1-15-10-11-16(17(14-15)19-2)8-4-3-6-12-20-18-9-5-7-13-21-18;12-7-3-1-2-4-9-5-6-10(13)8-11(9)14;10-6-2-4-8-12-9-5-1-3-7-11-9;;;/h3-20H,21H2,1-2H3;10-11,14,18H,3-9,12-13H2,1-2H3;4,8,10-11,14,18H,3,5-7,9,12-13H2,1-2H3;5-6,8,12-14H,1-4,7H2;6,9H,1-5,7-8H2;1H4;1H3;/q;;;;;;-1;. The van der Waals surface area contributed by atoms with Gasteiger partial charge in [-0.15, -0.1) is 0 Å². The van der Waals surface area contributed by atoms with Crippen molar-refractivity contribution in [2.45, 2.75) is 188 Å². The van der Waals surface area contributed by atoms with Crippen LogP contribution in [0, 0.1) is 28.2 Å². The molecule has 101 heavy (non-hydrogen) atoms. The first kappa shape index (κ1) is 89.5. The van der Waals surface area contributed by atoms with Crippen molar-refractivity contribution in [3.05, 3.63) is 216 Å². The minimum Gasteiger partial charge on any atom is -0.508 e. The maximum atomic E-state index is 9.97. The second-order valence-corrected chi connectivity index (χ2v) is 34.2. The average Bonchev–Trinajstić information content (AvgIpc) is 0.704. The van der Waals surface area contributed by atoms with Gasteiger partial charge in [-0.2, -0.15) is 0 Å². The third kappa shape index (κ3) is 31.2. The van der Waals surface area contributed by atoms with Crippen molar-refractivity contribution in [1.29, 1.82) is 0 Å². The number of ether oxygens (including phenoxy) is 9. The van der Waals surface area contributed by atoms with Crippen molar-refractivity contribution >= 4 is 49.1 Å². The van der Waals surface area contributed by atoms with Crippen LogP contribution < -0.4 is 30.1 Å². The van der Waals surface area contributed by atoms with Crippen LogP contribution >= 0.6 is 20.8 Å². The molecule has 0 spiro atoms. The first-order valence-corrected chi connectivity index (χ1v) is 40.0. The number of aryl methyl sites for hydroxylation is 5. The second-order valence-electron chi connectivity index (χ2n) is 25.2. The number of benzene rings is 7. The fourth-order valence-corrected chi connectivity index (χ4v) is 19.6. The SMILES string of the molecule is C.COc1cc(C)ccc1C=CCCCOC1CCCCO1.COc1cc(C)ccc1CCCCCOC1CCCCO1.COc1cc(C)ccc1CP(Br)(c1ccccc1)(c1ccccc1)c1ccccc1.O=CCCCOC1CCCCO1.OCCCCCc1ccc(O)cc1O.[CH3-].[Pd]. The van der Waals surface area contributed by atoms with Crippen LogP contribution in [0.1, 0.15) is 168 Å².